The molecule has 1 aliphatic heterocycles. The summed E-state index contributed by atoms with van der Waals surface area (Å²) >= 11 is 0. The summed E-state index contributed by atoms with van der Waals surface area (Å²) in [6.07, 6.45) is 1.70. The van der Waals surface area contributed by atoms with Crippen LogP contribution in [0.5, 0.6) is 5.75 Å². The SMILES string of the molecule is COC(=O)c1c(OCc2ccccc2)c(=O)c(C(=O)NCc2c(F)cc(F)cc2F)cn1C1CCc2c(F)cccc2NC1. The van der Waals surface area contributed by atoms with Crippen LogP contribution in [-0.2, 0) is 24.3 Å². The fourth-order valence-corrected chi connectivity index (χ4v) is 5.08. The highest BCUT2D eigenvalue weighted by Gasteiger charge is 2.31. The molecule has 0 saturated carbocycles. The molecule has 0 aliphatic carbocycles. The zero-order valence-corrected chi connectivity index (χ0v) is 23.5. The van der Waals surface area contributed by atoms with Crippen LogP contribution in [0, 0.1) is 23.3 Å². The summed E-state index contributed by atoms with van der Waals surface area (Å²) in [6, 6.07) is 13.7. The summed E-state index contributed by atoms with van der Waals surface area (Å²) in [5.41, 5.74) is -0.665. The Morgan fingerprint density at radius 3 is 2.43 bits per heavy atom. The first-order chi connectivity index (χ1) is 21.2. The topological polar surface area (TPSA) is 98.7 Å². The van der Waals surface area contributed by atoms with Gasteiger partial charge in [0.05, 0.1) is 13.2 Å². The van der Waals surface area contributed by atoms with Crippen molar-refractivity contribution in [2.24, 2.45) is 0 Å². The molecular formula is C32H27F4N3O5. The number of rotatable bonds is 8. The lowest BCUT2D eigenvalue weighted by Crippen LogP contribution is -2.34. The molecule has 0 saturated heterocycles. The van der Waals surface area contributed by atoms with Gasteiger partial charge in [-0.2, -0.15) is 0 Å². The molecule has 0 bridgehead atoms. The molecule has 0 spiro atoms. The lowest BCUT2D eigenvalue weighted by Gasteiger charge is -2.25. The van der Waals surface area contributed by atoms with E-state index >= 15 is 0 Å². The zero-order valence-electron chi connectivity index (χ0n) is 23.5. The van der Waals surface area contributed by atoms with Crippen molar-refractivity contribution < 1.29 is 36.6 Å². The number of nitrogens with zero attached hydrogens (tertiary/aromatic N) is 1. The van der Waals surface area contributed by atoms with Crippen molar-refractivity contribution in [1.29, 1.82) is 0 Å². The van der Waals surface area contributed by atoms with Crippen LogP contribution in [0.3, 0.4) is 0 Å². The van der Waals surface area contributed by atoms with E-state index in [-0.39, 0.29) is 25.3 Å². The van der Waals surface area contributed by atoms with Gasteiger partial charge in [-0.25, -0.2) is 22.4 Å². The third kappa shape index (κ3) is 6.29. The number of ether oxygens (including phenoxy) is 2. The third-order valence-electron chi connectivity index (χ3n) is 7.34. The third-order valence-corrected chi connectivity index (χ3v) is 7.34. The maximum atomic E-state index is 14.6. The molecule has 1 aromatic heterocycles. The summed E-state index contributed by atoms with van der Waals surface area (Å²) in [5, 5.41) is 5.45. The lowest BCUT2D eigenvalue weighted by molar-refractivity contribution is 0.0576. The standard InChI is InChI=1S/C32H27F4N3O5/c1-43-32(42)28-30(44-17-18-6-3-2-4-7-18)29(40)23(31(41)38-15-22-25(35)12-19(33)13-26(22)36)16-39(28)20-10-11-21-24(34)8-5-9-27(21)37-14-20/h2-9,12-13,16,20,37H,10-11,14-15,17H2,1H3,(H,38,41). The monoisotopic (exact) mass is 609 g/mol. The van der Waals surface area contributed by atoms with Crippen molar-refractivity contribution in [3.8, 4) is 5.75 Å². The molecule has 1 amide bonds. The molecule has 1 aliphatic rings. The fourth-order valence-electron chi connectivity index (χ4n) is 5.08. The minimum absolute atomic E-state index is 0.142. The van der Waals surface area contributed by atoms with Crippen LogP contribution in [0.2, 0.25) is 0 Å². The molecule has 5 rings (SSSR count). The molecule has 8 nitrogen and oxygen atoms in total. The van der Waals surface area contributed by atoms with Crippen molar-refractivity contribution in [3.05, 3.63) is 128 Å². The van der Waals surface area contributed by atoms with Crippen molar-refractivity contribution >= 4 is 17.6 Å². The van der Waals surface area contributed by atoms with Crippen LogP contribution in [0.25, 0.3) is 0 Å². The molecule has 0 radical (unpaired) electrons. The zero-order chi connectivity index (χ0) is 31.4. The number of fused-ring (bicyclic) bond motifs is 1. The van der Waals surface area contributed by atoms with Crippen molar-refractivity contribution in [2.75, 3.05) is 19.0 Å². The first-order valence-electron chi connectivity index (χ1n) is 13.6. The second-order valence-corrected chi connectivity index (χ2v) is 10.1. The Morgan fingerprint density at radius 1 is 1.00 bits per heavy atom. The molecule has 1 atom stereocenters. The molecule has 1 unspecified atom stereocenters. The quantitative estimate of drug-likeness (QED) is 0.208. The fraction of sp³-hybridized carbons (Fsp3) is 0.219. The van der Waals surface area contributed by atoms with Gasteiger partial charge in [0, 0.05) is 48.2 Å². The van der Waals surface area contributed by atoms with E-state index in [1.54, 1.807) is 42.5 Å². The number of pyridine rings is 1. The minimum Gasteiger partial charge on any atom is -0.482 e. The number of halogens is 4. The molecular weight excluding hydrogens is 582 g/mol. The molecule has 44 heavy (non-hydrogen) atoms. The highest BCUT2D eigenvalue weighted by Crippen LogP contribution is 2.31. The Morgan fingerprint density at radius 2 is 1.73 bits per heavy atom. The van der Waals surface area contributed by atoms with E-state index in [4.69, 9.17) is 9.47 Å². The van der Waals surface area contributed by atoms with Gasteiger partial charge in [0.25, 0.3) is 5.91 Å². The predicted octanol–water partition coefficient (Wildman–Crippen LogP) is 5.30. The van der Waals surface area contributed by atoms with Gasteiger partial charge in [-0.05, 0) is 30.5 Å². The summed E-state index contributed by atoms with van der Waals surface area (Å²) in [6.45, 7) is -0.667. The minimum atomic E-state index is -1.22. The number of hydrogen-bond donors (Lipinski definition) is 2. The normalized spacial score (nSPS) is 14.2. The Kier molecular flexibility index (Phi) is 8.98. The van der Waals surface area contributed by atoms with E-state index < -0.39 is 70.0 Å². The number of aromatic nitrogens is 1. The number of esters is 1. The van der Waals surface area contributed by atoms with E-state index in [1.807, 2.05) is 0 Å². The average Bonchev–Trinajstić information content (AvgIpc) is 3.23. The largest absolute Gasteiger partial charge is 0.482 e. The average molecular weight is 610 g/mol. The van der Waals surface area contributed by atoms with Crippen LogP contribution in [0.15, 0.2) is 71.7 Å². The van der Waals surface area contributed by atoms with Gasteiger partial charge < -0.3 is 24.7 Å². The molecule has 3 aromatic carbocycles. The van der Waals surface area contributed by atoms with Gasteiger partial charge >= 0.3 is 5.97 Å². The number of benzene rings is 3. The van der Waals surface area contributed by atoms with Crippen LogP contribution in [0.4, 0.5) is 23.2 Å². The smallest absolute Gasteiger partial charge is 0.358 e. The second kappa shape index (κ2) is 13.0. The highest BCUT2D eigenvalue weighted by atomic mass is 19.1. The summed E-state index contributed by atoms with van der Waals surface area (Å²) in [4.78, 5) is 40.2. The predicted molar refractivity (Wildman–Crippen MR) is 153 cm³/mol. The molecule has 0 fully saturated rings. The molecule has 228 valence electrons. The Labute approximate surface area is 249 Å². The van der Waals surface area contributed by atoms with Gasteiger partial charge in [0.2, 0.25) is 5.43 Å². The Balaban J connectivity index is 1.57. The number of carbonyl (C=O) groups excluding carboxylic acids is 2. The van der Waals surface area contributed by atoms with E-state index in [2.05, 4.69) is 10.6 Å². The van der Waals surface area contributed by atoms with Crippen molar-refractivity contribution in [3.63, 3.8) is 0 Å². The second-order valence-electron chi connectivity index (χ2n) is 10.1. The number of carbonyl (C=O) groups is 2. The van der Waals surface area contributed by atoms with Crippen molar-refractivity contribution in [1.82, 2.24) is 9.88 Å². The van der Waals surface area contributed by atoms with Gasteiger partial charge in [0.1, 0.15) is 35.4 Å². The van der Waals surface area contributed by atoms with Crippen LogP contribution < -0.4 is 20.8 Å². The van der Waals surface area contributed by atoms with Crippen LogP contribution in [0.1, 0.15) is 50.0 Å². The molecule has 2 heterocycles. The van der Waals surface area contributed by atoms with Crippen LogP contribution >= 0.6 is 0 Å². The van der Waals surface area contributed by atoms with Gasteiger partial charge in [-0.1, -0.05) is 36.4 Å². The molecule has 12 heteroatoms. The van der Waals surface area contributed by atoms with E-state index in [0.717, 1.165) is 13.3 Å². The summed E-state index contributed by atoms with van der Waals surface area (Å²) in [5.74, 6) is -6.38. The first kappa shape index (κ1) is 30.3. The number of hydrogen-bond acceptors (Lipinski definition) is 6. The lowest BCUT2D eigenvalue weighted by atomic mass is 10.0. The molecule has 2 N–H and O–H groups in total. The highest BCUT2D eigenvalue weighted by molar-refractivity contribution is 5.97. The van der Waals surface area contributed by atoms with E-state index in [0.29, 0.717) is 35.4 Å². The Hall–Kier alpha value is -5.13. The van der Waals surface area contributed by atoms with Crippen molar-refractivity contribution in [2.45, 2.75) is 32.0 Å². The molecule has 4 aromatic rings. The number of amides is 1. The number of methoxy groups -OCH3 is 1. The van der Waals surface area contributed by atoms with Gasteiger partial charge in [-0.15, -0.1) is 0 Å². The Bertz CT molecular complexity index is 1760. The summed E-state index contributed by atoms with van der Waals surface area (Å²) < 4.78 is 68.7. The van der Waals surface area contributed by atoms with Gasteiger partial charge in [0.15, 0.2) is 11.4 Å². The maximum absolute atomic E-state index is 14.6. The number of anilines is 1. The van der Waals surface area contributed by atoms with Gasteiger partial charge in [-0.3, -0.25) is 9.59 Å². The number of nitrogens with one attached hydrogen (secondary N) is 2. The van der Waals surface area contributed by atoms with E-state index in [9.17, 15) is 31.9 Å². The first-order valence-corrected chi connectivity index (χ1v) is 13.6. The maximum Gasteiger partial charge on any atom is 0.358 e. The van der Waals surface area contributed by atoms with E-state index in [1.165, 1.54) is 10.6 Å². The van der Waals surface area contributed by atoms with Crippen LogP contribution in [-0.4, -0.2) is 30.1 Å². The summed E-state index contributed by atoms with van der Waals surface area (Å²) in [7, 11) is 1.13.